The van der Waals surface area contributed by atoms with Gasteiger partial charge in [0.2, 0.25) is 8.32 Å². The minimum absolute atomic E-state index is 0.0691. The van der Waals surface area contributed by atoms with Gasteiger partial charge < -0.3 is 19.0 Å². The van der Waals surface area contributed by atoms with Gasteiger partial charge >= 0.3 is 0 Å². The topological polar surface area (TPSA) is 47.9 Å². The van der Waals surface area contributed by atoms with Gasteiger partial charge in [-0.3, -0.25) is 0 Å². The van der Waals surface area contributed by atoms with E-state index in [0.717, 1.165) is 30.4 Å². The van der Waals surface area contributed by atoms with Gasteiger partial charge in [0.15, 0.2) is 11.5 Å². The highest BCUT2D eigenvalue weighted by molar-refractivity contribution is 6.74. The number of halogens is 1. The van der Waals surface area contributed by atoms with Crippen LogP contribution in [0.4, 0.5) is 0 Å². The van der Waals surface area contributed by atoms with Crippen LogP contribution in [-0.2, 0) is 13.2 Å². The van der Waals surface area contributed by atoms with Crippen LogP contribution in [0.2, 0.25) is 23.2 Å². The van der Waals surface area contributed by atoms with Gasteiger partial charge in [0.05, 0.1) is 11.1 Å². The van der Waals surface area contributed by atoms with Gasteiger partial charge in [-0.25, -0.2) is 0 Å². The second-order valence-corrected chi connectivity index (χ2v) is 21.5. The molecular weight excluding hydrogens is 620 g/mol. The van der Waals surface area contributed by atoms with Crippen LogP contribution in [0.15, 0.2) is 78.4 Å². The van der Waals surface area contributed by atoms with Gasteiger partial charge in [0.1, 0.15) is 19.0 Å². The van der Waals surface area contributed by atoms with E-state index >= 15 is 0 Å². The van der Waals surface area contributed by atoms with Gasteiger partial charge in [0.25, 0.3) is 0 Å². The first-order chi connectivity index (χ1) is 22.0. The summed E-state index contributed by atoms with van der Waals surface area (Å²) in [6, 6.07) is 22.1. The van der Waals surface area contributed by atoms with Gasteiger partial charge in [-0.15, -0.1) is 0 Å². The Morgan fingerprint density at radius 1 is 0.894 bits per heavy atom. The lowest BCUT2D eigenvalue weighted by molar-refractivity contribution is -0.0764. The Morgan fingerprint density at radius 3 is 2.04 bits per heavy atom. The maximum atomic E-state index is 12.8. The summed E-state index contributed by atoms with van der Waals surface area (Å²) in [5.74, 6) is 1.89. The minimum atomic E-state index is -2.37. The predicted molar refractivity (Wildman–Crippen MR) is 197 cm³/mol. The van der Waals surface area contributed by atoms with Crippen LogP contribution in [0.1, 0.15) is 96.9 Å². The van der Waals surface area contributed by atoms with Crippen LogP contribution in [0.25, 0.3) is 0 Å². The van der Waals surface area contributed by atoms with Gasteiger partial charge in [0, 0.05) is 17.5 Å². The fourth-order valence-corrected chi connectivity index (χ4v) is 9.33. The molecule has 2 aliphatic rings. The normalized spacial score (nSPS) is 23.3. The Hall–Kier alpha value is -2.73. The maximum absolute atomic E-state index is 12.8. The molecular formula is C41H55ClO4Si. The van der Waals surface area contributed by atoms with Crippen molar-refractivity contribution in [2.24, 2.45) is 22.7 Å². The SMILES string of the molecule is CC1=CC[C@H]2C(C)(C)CCC[C@]2(C)[C@H]1C(O)c1c(O[Si](C)(C)C(C)(C)C)cc(OCc2ccccc2)c(OCc2ccccc2)c1Cl. The molecule has 6 heteroatoms. The van der Waals surface area contributed by atoms with Gasteiger partial charge in [-0.05, 0) is 72.2 Å². The number of allylic oxidation sites excluding steroid dienone is 1. The molecule has 0 aromatic heterocycles. The molecule has 1 unspecified atom stereocenters. The summed E-state index contributed by atoms with van der Waals surface area (Å²) < 4.78 is 20.1. The lowest BCUT2D eigenvalue weighted by Gasteiger charge is -2.57. The van der Waals surface area contributed by atoms with E-state index in [2.05, 4.69) is 67.6 Å². The first-order valence-electron chi connectivity index (χ1n) is 17.3. The fraction of sp³-hybridized carbons (Fsp3) is 0.512. The van der Waals surface area contributed by atoms with Gasteiger partial charge in [-0.1, -0.05) is 132 Å². The van der Waals surface area contributed by atoms with Crippen LogP contribution in [-0.4, -0.2) is 13.4 Å². The summed E-state index contributed by atoms with van der Waals surface area (Å²) in [4.78, 5) is 0. The smallest absolute Gasteiger partial charge is 0.250 e. The van der Waals surface area contributed by atoms with Crippen LogP contribution < -0.4 is 13.9 Å². The molecule has 3 aromatic carbocycles. The summed E-state index contributed by atoms with van der Waals surface area (Å²) >= 11 is 7.50. The number of hydrogen-bond donors (Lipinski definition) is 1. The summed E-state index contributed by atoms with van der Waals surface area (Å²) in [5, 5.41) is 13.1. The maximum Gasteiger partial charge on any atom is 0.250 e. The number of benzene rings is 3. The standard InChI is InChI=1S/C41H55ClO4Si/c1-28-21-22-33-40(5,6)23-16-24-41(33,7)35(28)37(43)34-31(46-47(8,9)39(2,3)4)25-32(44-26-29-17-12-10-13-18-29)38(36(34)42)45-27-30-19-14-11-15-20-30/h10-15,17-21,25,33,35,37,43H,16,22-24,26-27H2,1-9H3/t33-,35+,37?,41-/m0/s1. The second kappa shape index (κ2) is 13.6. The van der Waals surface area contributed by atoms with Crippen molar-refractivity contribution in [3.8, 4) is 17.2 Å². The molecule has 0 radical (unpaired) electrons. The third-order valence-electron chi connectivity index (χ3n) is 11.6. The molecule has 1 fully saturated rings. The van der Waals surface area contributed by atoms with Crippen molar-refractivity contribution < 1.29 is 19.0 Å². The molecule has 1 saturated carbocycles. The Labute approximate surface area is 289 Å². The van der Waals surface area contributed by atoms with E-state index in [4.69, 9.17) is 25.5 Å². The van der Waals surface area contributed by atoms with Crippen molar-refractivity contribution >= 4 is 19.9 Å². The van der Waals surface area contributed by atoms with E-state index in [1.165, 1.54) is 12.0 Å². The van der Waals surface area contributed by atoms with E-state index in [0.29, 0.717) is 47.0 Å². The predicted octanol–water partition coefficient (Wildman–Crippen LogP) is 11.7. The van der Waals surface area contributed by atoms with Crippen molar-refractivity contribution in [3.05, 3.63) is 100 Å². The van der Waals surface area contributed by atoms with E-state index in [9.17, 15) is 5.11 Å². The number of rotatable bonds is 10. The van der Waals surface area contributed by atoms with Crippen molar-refractivity contribution in [2.75, 3.05) is 0 Å². The number of aliphatic hydroxyl groups is 1. The molecule has 47 heavy (non-hydrogen) atoms. The Bertz CT molecular complexity index is 1560. The zero-order valence-corrected chi connectivity index (χ0v) is 31.7. The monoisotopic (exact) mass is 674 g/mol. The summed E-state index contributed by atoms with van der Waals surface area (Å²) in [6.45, 7) is 21.2. The molecule has 4 nitrogen and oxygen atoms in total. The third kappa shape index (κ3) is 7.33. The van der Waals surface area contributed by atoms with Crippen molar-refractivity contribution in [2.45, 2.75) is 112 Å². The highest BCUT2D eigenvalue weighted by Crippen LogP contribution is 2.63. The molecule has 0 spiro atoms. The van der Waals surface area contributed by atoms with Crippen LogP contribution in [0.5, 0.6) is 17.2 Å². The largest absolute Gasteiger partial charge is 0.543 e. The molecule has 0 saturated heterocycles. The highest BCUT2D eigenvalue weighted by atomic mass is 35.5. The Morgan fingerprint density at radius 2 is 1.47 bits per heavy atom. The number of hydrogen-bond acceptors (Lipinski definition) is 4. The molecule has 0 heterocycles. The van der Waals surface area contributed by atoms with E-state index in [1.807, 2.05) is 66.7 Å². The lowest BCUT2D eigenvalue weighted by Crippen LogP contribution is -2.50. The average Bonchev–Trinajstić information content (AvgIpc) is 2.99. The molecule has 4 atom stereocenters. The first kappa shape index (κ1) is 35.6. The number of ether oxygens (including phenoxy) is 2. The Balaban J connectivity index is 1.67. The number of aliphatic hydroxyl groups excluding tert-OH is 1. The molecule has 2 aliphatic carbocycles. The molecule has 3 aromatic rings. The molecule has 5 rings (SSSR count). The summed E-state index contributed by atoms with van der Waals surface area (Å²) in [7, 11) is -2.37. The Kier molecular flexibility index (Phi) is 10.3. The van der Waals surface area contributed by atoms with E-state index in [1.54, 1.807) is 0 Å². The fourth-order valence-electron chi connectivity index (χ4n) is 7.95. The van der Waals surface area contributed by atoms with Gasteiger partial charge in [-0.2, -0.15) is 0 Å². The quantitative estimate of drug-likeness (QED) is 0.172. The van der Waals surface area contributed by atoms with E-state index < -0.39 is 14.4 Å². The molecule has 0 aliphatic heterocycles. The summed E-state index contributed by atoms with van der Waals surface area (Å²) in [5.41, 5.74) is 3.98. The molecule has 0 amide bonds. The van der Waals surface area contributed by atoms with E-state index in [-0.39, 0.29) is 21.8 Å². The molecule has 1 N–H and O–H groups in total. The van der Waals surface area contributed by atoms with Crippen LogP contribution >= 0.6 is 11.6 Å². The zero-order valence-electron chi connectivity index (χ0n) is 30.0. The third-order valence-corrected chi connectivity index (χ3v) is 16.3. The molecule has 0 bridgehead atoms. The first-order valence-corrected chi connectivity index (χ1v) is 20.6. The summed E-state index contributed by atoms with van der Waals surface area (Å²) in [6.07, 6.45) is 5.93. The van der Waals surface area contributed by atoms with Crippen molar-refractivity contribution in [1.82, 2.24) is 0 Å². The minimum Gasteiger partial charge on any atom is -0.543 e. The lowest BCUT2D eigenvalue weighted by atomic mass is 9.47. The highest BCUT2D eigenvalue weighted by Gasteiger charge is 2.54. The average molecular weight is 675 g/mol. The zero-order chi connectivity index (χ0) is 34.2. The second-order valence-electron chi connectivity index (χ2n) is 16.3. The van der Waals surface area contributed by atoms with Crippen molar-refractivity contribution in [1.29, 1.82) is 0 Å². The molecule has 254 valence electrons. The van der Waals surface area contributed by atoms with Crippen molar-refractivity contribution in [3.63, 3.8) is 0 Å². The van der Waals surface area contributed by atoms with Crippen LogP contribution in [0, 0.1) is 22.7 Å². The number of fused-ring (bicyclic) bond motifs is 1. The van der Waals surface area contributed by atoms with Crippen LogP contribution in [0.3, 0.4) is 0 Å².